The van der Waals surface area contributed by atoms with Gasteiger partial charge in [0.05, 0.1) is 18.2 Å². The fourth-order valence-electron chi connectivity index (χ4n) is 2.58. The molecule has 2 rings (SSSR count). The summed E-state index contributed by atoms with van der Waals surface area (Å²) in [7, 11) is 1.23. The zero-order valence-corrected chi connectivity index (χ0v) is 16.2. The van der Waals surface area contributed by atoms with Gasteiger partial charge < -0.3 is 14.8 Å². The van der Waals surface area contributed by atoms with Crippen molar-refractivity contribution in [3.05, 3.63) is 58.7 Å². The van der Waals surface area contributed by atoms with Crippen LogP contribution in [-0.4, -0.2) is 12.3 Å². The van der Waals surface area contributed by atoms with Crippen molar-refractivity contribution in [2.24, 2.45) is 0 Å². The number of anilines is 1. The Morgan fingerprint density at radius 1 is 1.00 bits per heavy atom. The number of alkyl halides is 6. The van der Waals surface area contributed by atoms with Crippen LogP contribution in [0.25, 0.3) is 0 Å². The lowest BCUT2D eigenvalue weighted by Gasteiger charge is -2.20. The maximum atomic E-state index is 13.4. The van der Waals surface area contributed by atoms with E-state index in [-0.39, 0.29) is 10.9 Å². The van der Waals surface area contributed by atoms with E-state index >= 15 is 0 Å². The Morgan fingerprint density at radius 2 is 1.66 bits per heavy atom. The number of nitrogens with one attached hydrogen (secondary N) is 1. The number of methoxy groups -OCH3 is 1. The number of halogens is 6. The Labute approximate surface area is 168 Å². The number of aryl methyl sites for hydroxylation is 1. The van der Waals surface area contributed by atoms with Crippen LogP contribution in [0.4, 0.5) is 32.0 Å². The Kier molecular flexibility index (Phi) is 6.99. The highest BCUT2D eigenvalue weighted by molar-refractivity contribution is 7.80. The molecule has 0 unspecified atom stereocenters. The molecular weight excluding hydrogens is 420 g/mol. The Hall–Kier alpha value is -2.49. The van der Waals surface area contributed by atoms with Crippen LogP contribution in [0.1, 0.15) is 29.2 Å². The van der Waals surface area contributed by atoms with Crippen LogP contribution in [0.15, 0.2) is 36.4 Å². The number of hydrogen-bond donors (Lipinski definition) is 1. The Balaban J connectivity index is 2.45. The van der Waals surface area contributed by atoms with Gasteiger partial charge in [0, 0.05) is 11.3 Å². The first kappa shape index (κ1) is 22.8. The number of benzene rings is 2. The van der Waals surface area contributed by atoms with Crippen molar-refractivity contribution in [3.63, 3.8) is 0 Å². The van der Waals surface area contributed by atoms with Gasteiger partial charge in [0.2, 0.25) is 0 Å². The van der Waals surface area contributed by atoms with E-state index in [2.05, 4.69) is 5.32 Å². The van der Waals surface area contributed by atoms with E-state index in [0.29, 0.717) is 12.0 Å². The van der Waals surface area contributed by atoms with Gasteiger partial charge in [-0.1, -0.05) is 19.1 Å². The summed E-state index contributed by atoms with van der Waals surface area (Å²) in [5, 5.41) is 2.28. The number of ether oxygens (including phenoxy) is 2. The van der Waals surface area contributed by atoms with Crippen molar-refractivity contribution in [1.29, 1.82) is 0 Å². The number of thiocarbonyl (C=S) groups is 1. The van der Waals surface area contributed by atoms with Crippen LogP contribution >= 0.6 is 12.2 Å². The molecule has 1 N–H and O–H groups in total. The second kappa shape index (κ2) is 8.89. The third kappa shape index (κ3) is 5.75. The predicted molar refractivity (Wildman–Crippen MR) is 99.8 cm³/mol. The number of hydrogen-bond acceptors (Lipinski definition) is 3. The SMILES string of the molecule is CCc1ccc(OCc2c(NC(=S)OC)cccc2C(F)(F)F)c(C(F)(F)F)c1. The molecule has 0 aromatic heterocycles. The Bertz CT molecular complexity index is 880. The fraction of sp³-hybridized carbons (Fsp3) is 0.316. The molecule has 10 heteroatoms. The third-order valence-electron chi connectivity index (χ3n) is 4.03. The van der Waals surface area contributed by atoms with Gasteiger partial charge in [-0.3, -0.25) is 0 Å². The molecule has 0 bridgehead atoms. The highest BCUT2D eigenvalue weighted by Crippen LogP contribution is 2.39. The maximum Gasteiger partial charge on any atom is 0.419 e. The molecule has 2 aromatic rings. The number of rotatable bonds is 5. The van der Waals surface area contributed by atoms with Crippen LogP contribution in [-0.2, 0) is 30.1 Å². The average Bonchev–Trinajstić information content (AvgIpc) is 2.65. The fourth-order valence-corrected chi connectivity index (χ4v) is 2.69. The summed E-state index contributed by atoms with van der Waals surface area (Å²) >= 11 is 4.80. The molecule has 0 spiro atoms. The largest absolute Gasteiger partial charge is 0.488 e. The highest BCUT2D eigenvalue weighted by Gasteiger charge is 2.36. The molecule has 0 fully saturated rings. The minimum absolute atomic E-state index is 0.0783. The van der Waals surface area contributed by atoms with Gasteiger partial charge in [-0.15, -0.1) is 0 Å². The zero-order chi connectivity index (χ0) is 21.8. The van der Waals surface area contributed by atoms with E-state index in [4.69, 9.17) is 21.7 Å². The molecular formula is C19H17F6NO2S. The van der Waals surface area contributed by atoms with Crippen molar-refractivity contribution in [3.8, 4) is 5.75 Å². The van der Waals surface area contributed by atoms with Crippen molar-refractivity contribution < 1.29 is 35.8 Å². The van der Waals surface area contributed by atoms with Crippen molar-refractivity contribution in [2.75, 3.05) is 12.4 Å². The summed E-state index contributed by atoms with van der Waals surface area (Å²) in [6.45, 7) is 0.922. The molecule has 0 amide bonds. The molecule has 158 valence electrons. The van der Waals surface area contributed by atoms with Gasteiger partial charge in [0.1, 0.15) is 12.4 Å². The first-order valence-electron chi connectivity index (χ1n) is 8.34. The smallest absolute Gasteiger partial charge is 0.419 e. The van der Waals surface area contributed by atoms with E-state index in [0.717, 1.165) is 24.3 Å². The molecule has 0 aliphatic rings. The first-order chi connectivity index (χ1) is 13.5. The van der Waals surface area contributed by atoms with Crippen molar-refractivity contribution >= 4 is 23.1 Å². The van der Waals surface area contributed by atoms with Crippen molar-refractivity contribution in [2.45, 2.75) is 32.3 Å². The topological polar surface area (TPSA) is 30.5 Å². The van der Waals surface area contributed by atoms with Crippen molar-refractivity contribution in [1.82, 2.24) is 0 Å². The van der Waals surface area contributed by atoms with Gasteiger partial charge >= 0.3 is 12.4 Å². The molecule has 0 aliphatic heterocycles. The van der Waals surface area contributed by atoms with E-state index in [1.165, 1.54) is 19.2 Å². The van der Waals surface area contributed by atoms with E-state index in [1.807, 2.05) is 0 Å². The van der Waals surface area contributed by atoms with E-state index < -0.39 is 41.4 Å². The van der Waals surface area contributed by atoms with Gasteiger partial charge in [0.15, 0.2) is 0 Å². The van der Waals surface area contributed by atoms with Crippen LogP contribution in [0.5, 0.6) is 5.75 Å². The molecule has 0 heterocycles. The lowest BCUT2D eigenvalue weighted by Crippen LogP contribution is -2.18. The second-order valence-corrected chi connectivity index (χ2v) is 6.29. The summed E-state index contributed by atoms with van der Waals surface area (Å²) in [6.07, 6.45) is -9.10. The molecule has 3 nitrogen and oxygen atoms in total. The van der Waals surface area contributed by atoms with Gasteiger partial charge in [-0.25, -0.2) is 0 Å². The summed E-state index contributed by atoms with van der Waals surface area (Å²) in [6, 6.07) is 6.70. The minimum atomic E-state index is -4.75. The third-order valence-corrected chi connectivity index (χ3v) is 4.30. The molecule has 29 heavy (non-hydrogen) atoms. The van der Waals surface area contributed by atoms with Crippen LogP contribution in [0.3, 0.4) is 0 Å². The Morgan fingerprint density at radius 3 is 2.21 bits per heavy atom. The normalized spacial score (nSPS) is 11.9. The molecule has 0 saturated carbocycles. The molecule has 0 saturated heterocycles. The van der Waals surface area contributed by atoms with Crippen LogP contribution in [0.2, 0.25) is 0 Å². The average molecular weight is 437 g/mol. The van der Waals surface area contributed by atoms with Crippen LogP contribution in [0, 0.1) is 0 Å². The second-order valence-electron chi connectivity index (χ2n) is 5.92. The van der Waals surface area contributed by atoms with Gasteiger partial charge in [-0.2, -0.15) is 26.3 Å². The van der Waals surface area contributed by atoms with Gasteiger partial charge in [-0.05, 0) is 48.5 Å². The lowest BCUT2D eigenvalue weighted by molar-refractivity contribution is -0.140. The monoisotopic (exact) mass is 437 g/mol. The minimum Gasteiger partial charge on any atom is -0.488 e. The zero-order valence-electron chi connectivity index (χ0n) is 15.4. The quantitative estimate of drug-likeness (QED) is 0.445. The van der Waals surface area contributed by atoms with Crippen LogP contribution < -0.4 is 10.1 Å². The van der Waals surface area contributed by atoms with E-state index in [9.17, 15) is 26.3 Å². The van der Waals surface area contributed by atoms with E-state index in [1.54, 1.807) is 6.92 Å². The lowest BCUT2D eigenvalue weighted by atomic mass is 10.0. The standard InChI is InChI=1S/C19H17F6NO2S/c1-3-11-7-8-16(14(9-11)19(23,24)25)28-10-12-13(18(20,21)22)5-4-6-15(12)26-17(29)27-2/h4-9H,3,10H2,1-2H3,(H,26,29). The summed E-state index contributed by atoms with van der Waals surface area (Å²) in [5.74, 6) is -0.563. The summed E-state index contributed by atoms with van der Waals surface area (Å²) in [5.41, 5.74) is -2.16. The van der Waals surface area contributed by atoms with Gasteiger partial charge in [0.25, 0.3) is 5.17 Å². The highest BCUT2D eigenvalue weighted by atomic mass is 32.1. The maximum absolute atomic E-state index is 13.4. The molecule has 0 aliphatic carbocycles. The summed E-state index contributed by atoms with van der Waals surface area (Å²) in [4.78, 5) is 0. The first-order valence-corrected chi connectivity index (χ1v) is 8.75. The molecule has 0 radical (unpaired) electrons. The predicted octanol–water partition coefficient (Wildman–Crippen LogP) is 6.21. The molecule has 0 atom stereocenters. The molecule has 2 aromatic carbocycles. The summed E-state index contributed by atoms with van der Waals surface area (Å²) < 4.78 is 90.2.